The van der Waals surface area contributed by atoms with Gasteiger partial charge in [0.15, 0.2) is 0 Å². The normalized spacial score (nSPS) is 17.5. The Hall–Kier alpha value is -1.42. The summed E-state index contributed by atoms with van der Waals surface area (Å²) in [6.07, 6.45) is 5.87. The number of likely N-dealkylation sites (tertiary alicyclic amines) is 1. The number of amides is 1. The molecule has 0 spiro atoms. The van der Waals surface area contributed by atoms with Crippen molar-refractivity contribution in [3.63, 3.8) is 0 Å². The number of rotatable bonds is 4. The van der Waals surface area contributed by atoms with Gasteiger partial charge in [-0.3, -0.25) is 9.78 Å². The Kier molecular flexibility index (Phi) is 4.70. The lowest BCUT2D eigenvalue weighted by atomic mass is 9.99. The number of carbonyl (C=O) groups excluding carboxylic acids is 1. The molecule has 1 aliphatic rings. The summed E-state index contributed by atoms with van der Waals surface area (Å²) in [5.41, 5.74) is 6.70. The second-order valence-corrected chi connectivity index (χ2v) is 4.84. The minimum Gasteiger partial charge on any atom is -0.342 e. The third kappa shape index (κ3) is 3.29. The van der Waals surface area contributed by atoms with Crippen molar-refractivity contribution in [3.8, 4) is 0 Å². The first-order valence-corrected chi connectivity index (χ1v) is 6.70. The summed E-state index contributed by atoms with van der Waals surface area (Å²) in [5.74, 6) is 0.0702. The average Bonchev–Trinajstić information content (AvgIpc) is 2.46. The monoisotopic (exact) mass is 247 g/mol. The number of piperidine rings is 1. The van der Waals surface area contributed by atoms with Crippen molar-refractivity contribution in [2.24, 2.45) is 11.7 Å². The Labute approximate surface area is 108 Å². The minimum atomic E-state index is -0.127. The van der Waals surface area contributed by atoms with Crippen LogP contribution in [0.25, 0.3) is 0 Å². The lowest BCUT2D eigenvalue weighted by molar-refractivity contribution is -0.136. The van der Waals surface area contributed by atoms with Gasteiger partial charge in [0.05, 0.1) is 5.92 Å². The van der Waals surface area contributed by atoms with E-state index in [2.05, 4.69) is 4.98 Å². The number of nitrogens with zero attached hydrogens (tertiary/aromatic N) is 2. The van der Waals surface area contributed by atoms with Crippen LogP contribution >= 0.6 is 0 Å². The molecular weight excluding hydrogens is 226 g/mol. The van der Waals surface area contributed by atoms with Crippen LogP contribution in [0, 0.1) is 5.92 Å². The summed E-state index contributed by atoms with van der Waals surface area (Å²) in [6.45, 7) is 2.17. The summed E-state index contributed by atoms with van der Waals surface area (Å²) in [6, 6.07) is 5.78. The first-order valence-electron chi connectivity index (χ1n) is 6.70. The Morgan fingerprint density at radius 1 is 1.33 bits per heavy atom. The number of pyridine rings is 1. The Bertz CT molecular complexity index is 374. The highest BCUT2D eigenvalue weighted by Gasteiger charge is 2.24. The fraction of sp³-hybridized carbons (Fsp3) is 0.571. The molecule has 0 saturated carbocycles. The molecule has 0 aliphatic carbocycles. The van der Waals surface area contributed by atoms with E-state index < -0.39 is 0 Å². The smallest absolute Gasteiger partial charge is 0.227 e. The first kappa shape index (κ1) is 13.0. The Balaban J connectivity index is 1.97. The Morgan fingerprint density at radius 2 is 2.11 bits per heavy atom. The zero-order chi connectivity index (χ0) is 12.8. The molecule has 1 aromatic heterocycles. The van der Waals surface area contributed by atoms with Crippen LogP contribution in [0.5, 0.6) is 0 Å². The minimum absolute atomic E-state index is 0.127. The van der Waals surface area contributed by atoms with Crippen molar-refractivity contribution >= 4 is 5.91 Å². The number of nitrogens with two attached hydrogens (primary N) is 1. The number of hydrogen-bond donors (Lipinski definition) is 1. The van der Waals surface area contributed by atoms with E-state index in [0.717, 1.165) is 31.6 Å². The van der Waals surface area contributed by atoms with Gasteiger partial charge in [0.1, 0.15) is 0 Å². The standard InChI is InChI=1S/C14H21N3O/c15-11-12(10-13-6-2-3-7-16-13)14(18)17-8-4-1-5-9-17/h2-3,6-7,12H,1,4-5,8-11,15H2. The van der Waals surface area contributed by atoms with Crippen molar-refractivity contribution in [2.45, 2.75) is 25.7 Å². The van der Waals surface area contributed by atoms with E-state index in [1.165, 1.54) is 6.42 Å². The maximum absolute atomic E-state index is 12.4. The van der Waals surface area contributed by atoms with E-state index in [-0.39, 0.29) is 11.8 Å². The van der Waals surface area contributed by atoms with Crippen LogP contribution < -0.4 is 5.73 Å². The zero-order valence-corrected chi connectivity index (χ0v) is 10.7. The molecule has 98 valence electrons. The van der Waals surface area contributed by atoms with E-state index in [9.17, 15) is 4.79 Å². The van der Waals surface area contributed by atoms with Gasteiger partial charge in [0.25, 0.3) is 0 Å². The maximum Gasteiger partial charge on any atom is 0.227 e. The van der Waals surface area contributed by atoms with E-state index in [4.69, 9.17) is 5.73 Å². The van der Waals surface area contributed by atoms with E-state index in [1.807, 2.05) is 23.1 Å². The third-order valence-electron chi connectivity index (χ3n) is 3.48. The van der Waals surface area contributed by atoms with Crippen LogP contribution in [-0.2, 0) is 11.2 Å². The lowest BCUT2D eigenvalue weighted by Crippen LogP contribution is -2.42. The van der Waals surface area contributed by atoms with Gasteiger partial charge < -0.3 is 10.6 Å². The highest BCUT2D eigenvalue weighted by Crippen LogP contribution is 2.14. The summed E-state index contributed by atoms with van der Waals surface area (Å²) < 4.78 is 0. The molecule has 4 nitrogen and oxygen atoms in total. The molecule has 4 heteroatoms. The molecule has 1 saturated heterocycles. The van der Waals surface area contributed by atoms with Crippen molar-refractivity contribution in [3.05, 3.63) is 30.1 Å². The summed E-state index contributed by atoms with van der Waals surface area (Å²) in [5, 5.41) is 0. The third-order valence-corrected chi connectivity index (χ3v) is 3.48. The molecule has 1 unspecified atom stereocenters. The van der Waals surface area contributed by atoms with Gasteiger partial charge in [-0.15, -0.1) is 0 Å². The van der Waals surface area contributed by atoms with E-state index in [0.29, 0.717) is 13.0 Å². The highest BCUT2D eigenvalue weighted by molar-refractivity contribution is 5.79. The van der Waals surface area contributed by atoms with Gasteiger partial charge in [-0.05, 0) is 31.4 Å². The second kappa shape index (κ2) is 6.50. The second-order valence-electron chi connectivity index (χ2n) is 4.84. The van der Waals surface area contributed by atoms with Gasteiger partial charge in [-0.2, -0.15) is 0 Å². The van der Waals surface area contributed by atoms with Crippen LogP contribution in [0.2, 0.25) is 0 Å². The van der Waals surface area contributed by atoms with Crippen LogP contribution in [0.4, 0.5) is 0 Å². The van der Waals surface area contributed by atoms with Crippen molar-refractivity contribution in [1.29, 1.82) is 0 Å². The first-order chi connectivity index (χ1) is 8.81. The van der Waals surface area contributed by atoms with Crippen LogP contribution in [0.1, 0.15) is 25.0 Å². The molecule has 0 radical (unpaired) electrons. The average molecular weight is 247 g/mol. The number of aromatic nitrogens is 1. The highest BCUT2D eigenvalue weighted by atomic mass is 16.2. The van der Waals surface area contributed by atoms with Crippen LogP contribution in [0.15, 0.2) is 24.4 Å². The molecule has 18 heavy (non-hydrogen) atoms. The van der Waals surface area contributed by atoms with Crippen molar-refractivity contribution in [2.75, 3.05) is 19.6 Å². The largest absolute Gasteiger partial charge is 0.342 e. The predicted octanol–water partition coefficient (Wildman–Crippen LogP) is 1.21. The van der Waals surface area contributed by atoms with Gasteiger partial charge in [-0.25, -0.2) is 0 Å². The topological polar surface area (TPSA) is 59.2 Å². The summed E-state index contributed by atoms with van der Waals surface area (Å²) in [7, 11) is 0. The number of carbonyl (C=O) groups is 1. The molecule has 1 amide bonds. The van der Waals surface area contributed by atoms with Crippen LogP contribution in [-0.4, -0.2) is 35.4 Å². The molecular formula is C14H21N3O. The summed E-state index contributed by atoms with van der Waals surface area (Å²) in [4.78, 5) is 18.6. The molecule has 1 aliphatic heterocycles. The number of hydrogen-bond acceptors (Lipinski definition) is 3. The molecule has 1 atom stereocenters. The maximum atomic E-state index is 12.4. The molecule has 1 aromatic rings. The SMILES string of the molecule is NCC(Cc1ccccn1)C(=O)N1CCCCC1. The zero-order valence-electron chi connectivity index (χ0n) is 10.7. The molecule has 0 aromatic carbocycles. The Morgan fingerprint density at radius 3 is 2.72 bits per heavy atom. The summed E-state index contributed by atoms with van der Waals surface area (Å²) >= 11 is 0. The van der Waals surface area contributed by atoms with Crippen LogP contribution in [0.3, 0.4) is 0 Å². The fourth-order valence-electron chi connectivity index (χ4n) is 2.42. The lowest BCUT2D eigenvalue weighted by Gasteiger charge is -2.30. The molecule has 0 bridgehead atoms. The predicted molar refractivity (Wildman–Crippen MR) is 70.9 cm³/mol. The quantitative estimate of drug-likeness (QED) is 0.870. The van der Waals surface area contributed by atoms with Gasteiger partial charge >= 0.3 is 0 Å². The molecule has 2 N–H and O–H groups in total. The van der Waals surface area contributed by atoms with Crippen molar-refractivity contribution in [1.82, 2.24) is 9.88 Å². The molecule has 2 heterocycles. The van der Waals surface area contributed by atoms with E-state index in [1.54, 1.807) is 6.20 Å². The van der Waals surface area contributed by atoms with Gasteiger partial charge in [0, 0.05) is 37.9 Å². The molecule has 2 rings (SSSR count). The van der Waals surface area contributed by atoms with Gasteiger partial charge in [0.2, 0.25) is 5.91 Å². The molecule has 1 fully saturated rings. The van der Waals surface area contributed by atoms with Crippen molar-refractivity contribution < 1.29 is 4.79 Å². The fourth-order valence-corrected chi connectivity index (χ4v) is 2.42. The van der Waals surface area contributed by atoms with Gasteiger partial charge in [-0.1, -0.05) is 6.07 Å². The van der Waals surface area contributed by atoms with E-state index >= 15 is 0 Å².